The molecule has 0 spiro atoms. The molecule has 0 aromatic heterocycles. The average Bonchev–Trinajstić information content (AvgIpc) is 2.81. The molecule has 1 aliphatic rings. The fourth-order valence-electron chi connectivity index (χ4n) is 1.55. The highest BCUT2D eigenvalue weighted by atomic mass is 35.5. The van der Waals surface area contributed by atoms with Crippen LogP contribution in [0.3, 0.4) is 0 Å². The van der Waals surface area contributed by atoms with Crippen LogP contribution in [0.15, 0.2) is 6.07 Å². The van der Waals surface area contributed by atoms with Crippen LogP contribution in [0.5, 0.6) is 11.5 Å². The SMILES string of the molecule is CCOC(=O)C(O)c1cc2c(c(Cl)c1F)OCO2. The monoisotopic (exact) mass is 276 g/mol. The van der Waals surface area contributed by atoms with Crippen LogP contribution < -0.4 is 9.47 Å². The van der Waals surface area contributed by atoms with Crippen molar-refractivity contribution in [1.82, 2.24) is 0 Å². The van der Waals surface area contributed by atoms with Crippen molar-refractivity contribution in [3.8, 4) is 11.5 Å². The Hall–Kier alpha value is -1.53. The van der Waals surface area contributed by atoms with Crippen molar-refractivity contribution in [3.05, 3.63) is 22.5 Å². The highest BCUT2D eigenvalue weighted by molar-refractivity contribution is 6.32. The third kappa shape index (κ3) is 2.09. The summed E-state index contributed by atoms with van der Waals surface area (Å²) in [5.74, 6) is -1.64. The number of ether oxygens (including phenoxy) is 3. The molecule has 0 amide bonds. The molecule has 1 aromatic rings. The Morgan fingerprint density at radius 1 is 1.67 bits per heavy atom. The molecule has 1 N–H and O–H groups in total. The van der Waals surface area contributed by atoms with E-state index in [1.165, 1.54) is 6.07 Å². The Bertz CT molecular complexity index is 491. The van der Waals surface area contributed by atoms with E-state index in [9.17, 15) is 14.3 Å². The van der Waals surface area contributed by atoms with E-state index < -0.39 is 17.9 Å². The van der Waals surface area contributed by atoms with Crippen molar-refractivity contribution in [2.75, 3.05) is 13.4 Å². The molecule has 0 radical (unpaired) electrons. The van der Waals surface area contributed by atoms with E-state index in [4.69, 9.17) is 21.1 Å². The molecule has 0 saturated carbocycles. The van der Waals surface area contributed by atoms with E-state index in [1.807, 2.05) is 0 Å². The largest absolute Gasteiger partial charge is 0.464 e. The zero-order valence-corrected chi connectivity index (χ0v) is 10.2. The fourth-order valence-corrected chi connectivity index (χ4v) is 1.80. The van der Waals surface area contributed by atoms with Crippen molar-refractivity contribution in [2.24, 2.45) is 0 Å². The number of aliphatic hydroxyl groups excluding tert-OH is 1. The van der Waals surface area contributed by atoms with Crippen LogP contribution in [0.1, 0.15) is 18.6 Å². The van der Waals surface area contributed by atoms with Gasteiger partial charge in [0.05, 0.1) is 6.61 Å². The molecule has 1 atom stereocenters. The third-order valence-corrected chi connectivity index (χ3v) is 2.72. The molecule has 0 aliphatic carbocycles. The van der Waals surface area contributed by atoms with Crippen molar-refractivity contribution in [1.29, 1.82) is 0 Å². The number of hydrogen-bond acceptors (Lipinski definition) is 5. The van der Waals surface area contributed by atoms with Crippen LogP contribution in [0.2, 0.25) is 5.02 Å². The first-order chi connectivity index (χ1) is 8.56. The van der Waals surface area contributed by atoms with Gasteiger partial charge in [0.25, 0.3) is 0 Å². The molecule has 0 fully saturated rings. The van der Waals surface area contributed by atoms with Crippen LogP contribution in [0.4, 0.5) is 4.39 Å². The van der Waals surface area contributed by atoms with Gasteiger partial charge in [-0.25, -0.2) is 9.18 Å². The summed E-state index contributed by atoms with van der Waals surface area (Å²) in [6.45, 7) is 1.57. The lowest BCUT2D eigenvalue weighted by Gasteiger charge is -2.12. The molecular formula is C11H10ClFO5. The van der Waals surface area contributed by atoms with E-state index >= 15 is 0 Å². The highest BCUT2D eigenvalue weighted by Crippen LogP contribution is 2.43. The molecule has 98 valence electrons. The quantitative estimate of drug-likeness (QED) is 0.853. The Balaban J connectivity index is 2.40. The van der Waals surface area contributed by atoms with Gasteiger partial charge < -0.3 is 19.3 Å². The van der Waals surface area contributed by atoms with Crippen LogP contribution >= 0.6 is 11.6 Å². The molecule has 1 aliphatic heterocycles. The number of hydrogen-bond donors (Lipinski definition) is 1. The first kappa shape index (κ1) is 12.9. The van der Waals surface area contributed by atoms with Gasteiger partial charge in [0.1, 0.15) is 5.02 Å². The van der Waals surface area contributed by atoms with E-state index in [2.05, 4.69) is 4.74 Å². The minimum Gasteiger partial charge on any atom is -0.464 e. The Kier molecular flexibility index (Phi) is 3.58. The smallest absolute Gasteiger partial charge is 0.339 e. The van der Waals surface area contributed by atoms with Gasteiger partial charge in [0, 0.05) is 5.56 Å². The molecule has 1 aromatic carbocycles. The van der Waals surface area contributed by atoms with Crippen molar-refractivity contribution in [2.45, 2.75) is 13.0 Å². The second-order valence-corrected chi connectivity index (χ2v) is 3.86. The maximum Gasteiger partial charge on any atom is 0.339 e. The number of aliphatic hydroxyl groups is 1. The summed E-state index contributed by atoms with van der Waals surface area (Å²) in [4.78, 5) is 11.4. The molecule has 1 unspecified atom stereocenters. The minimum absolute atomic E-state index is 0.0639. The maximum absolute atomic E-state index is 13.9. The summed E-state index contributed by atoms with van der Waals surface area (Å²) >= 11 is 5.73. The standard InChI is InChI=1S/C11H10ClFO5/c1-2-16-11(15)9(14)5-3-6-10(18-4-17-6)7(12)8(5)13/h3,9,14H,2,4H2,1H3. The molecule has 1 heterocycles. The van der Waals surface area contributed by atoms with Gasteiger partial charge in [0.2, 0.25) is 6.79 Å². The summed E-state index contributed by atoms with van der Waals surface area (Å²) in [6.07, 6.45) is -1.75. The van der Waals surface area contributed by atoms with Gasteiger partial charge in [-0.15, -0.1) is 0 Å². The summed E-state index contributed by atoms with van der Waals surface area (Å²) < 4.78 is 28.5. The number of carbonyl (C=O) groups excluding carboxylic acids is 1. The number of fused-ring (bicyclic) bond motifs is 1. The van der Waals surface area contributed by atoms with E-state index in [0.29, 0.717) is 0 Å². The Labute approximate surface area is 107 Å². The van der Waals surface area contributed by atoms with Gasteiger partial charge in [-0.1, -0.05) is 11.6 Å². The lowest BCUT2D eigenvalue weighted by atomic mass is 10.1. The lowest BCUT2D eigenvalue weighted by molar-refractivity contribution is -0.153. The Morgan fingerprint density at radius 2 is 2.39 bits per heavy atom. The maximum atomic E-state index is 13.9. The zero-order valence-electron chi connectivity index (χ0n) is 9.41. The van der Waals surface area contributed by atoms with Gasteiger partial charge >= 0.3 is 5.97 Å². The number of rotatable bonds is 3. The molecule has 18 heavy (non-hydrogen) atoms. The molecule has 2 rings (SSSR count). The lowest BCUT2D eigenvalue weighted by Crippen LogP contribution is -2.16. The number of halogens is 2. The van der Waals surface area contributed by atoms with E-state index in [-0.39, 0.29) is 35.5 Å². The summed E-state index contributed by atoms with van der Waals surface area (Å²) in [6, 6.07) is 1.17. The van der Waals surface area contributed by atoms with Gasteiger partial charge in [-0.2, -0.15) is 0 Å². The normalized spacial score (nSPS) is 14.4. The van der Waals surface area contributed by atoms with Crippen LogP contribution in [-0.4, -0.2) is 24.5 Å². The molecule has 0 bridgehead atoms. The summed E-state index contributed by atoms with van der Waals surface area (Å²) in [5, 5.41) is 9.36. The predicted octanol–water partition coefficient (Wildman–Crippen LogP) is 1.80. The van der Waals surface area contributed by atoms with Gasteiger partial charge in [-0.3, -0.25) is 0 Å². The molecule has 7 heteroatoms. The van der Waals surface area contributed by atoms with Crippen LogP contribution in [0, 0.1) is 5.82 Å². The summed E-state index contributed by atoms with van der Waals surface area (Å²) in [7, 11) is 0. The summed E-state index contributed by atoms with van der Waals surface area (Å²) in [5.41, 5.74) is -0.303. The minimum atomic E-state index is -1.75. The fraction of sp³-hybridized carbons (Fsp3) is 0.364. The second-order valence-electron chi connectivity index (χ2n) is 3.48. The van der Waals surface area contributed by atoms with Crippen molar-refractivity contribution >= 4 is 17.6 Å². The van der Waals surface area contributed by atoms with Gasteiger partial charge in [0.15, 0.2) is 23.4 Å². The van der Waals surface area contributed by atoms with Crippen molar-refractivity contribution in [3.63, 3.8) is 0 Å². The topological polar surface area (TPSA) is 65.0 Å². The van der Waals surface area contributed by atoms with Crippen LogP contribution in [0.25, 0.3) is 0 Å². The molecular weight excluding hydrogens is 267 g/mol. The van der Waals surface area contributed by atoms with Crippen molar-refractivity contribution < 1.29 is 28.5 Å². The average molecular weight is 277 g/mol. The zero-order chi connectivity index (χ0) is 13.3. The van der Waals surface area contributed by atoms with Gasteiger partial charge in [-0.05, 0) is 13.0 Å². The molecule has 0 saturated heterocycles. The predicted molar refractivity (Wildman–Crippen MR) is 59.1 cm³/mol. The second kappa shape index (κ2) is 4.99. The number of carbonyl (C=O) groups is 1. The van der Waals surface area contributed by atoms with E-state index in [1.54, 1.807) is 6.92 Å². The third-order valence-electron chi connectivity index (χ3n) is 2.38. The number of esters is 1. The Morgan fingerprint density at radius 3 is 3.06 bits per heavy atom. The van der Waals surface area contributed by atoms with Crippen LogP contribution in [-0.2, 0) is 9.53 Å². The molecule has 5 nitrogen and oxygen atoms in total. The first-order valence-corrected chi connectivity index (χ1v) is 5.56. The first-order valence-electron chi connectivity index (χ1n) is 5.18. The van der Waals surface area contributed by atoms with E-state index in [0.717, 1.165) is 0 Å². The highest BCUT2D eigenvalue weighted by Gasteiger charge is 2.30. The number of benzene rings is 1.